The summed E-state index contributed by atoms with van der Waals surface area (Å²) in [5.74, 6) is 0.715. The quantitative estimate of drug-likeness (QED) is 0.703. The molecular formula is C11H16N4O. The van der Waals surface area contributed by atoms with E-state index < -0.39 is 5.60 Å². The number of rotatable bonds is 3. The largest absolute Gasteiger partial charge is 0.388 e. The van der Waals surface area contributed by atoms with Gasteiger partial charge in [-0.25, -0.2) is 9.97 Å². The molecule has 2 rings (SSSR count). The van der Waals surface area contributed by atoms with E-state index in [1.54, 1.807) is 13.1 Å². The summed E-state index contributed by atoms with van der Waals surface area (Å²) in [6, 6.07) is 1.92. The van der Waals surface area contributed by atoms with E-state index in [1.165, 1.54) is 0 Å². The normalized spacial score (nSPS) is 15.2. The maximum atomic E-state index is 9.87. The Bertz CT molecular complexity index is 504. The number of aromatic amines is 1. The lowest BCUT2D eigenvalue weighted by molar-refractivity contribution is 0.0678. The smallest absolute Gasteiger partial charge is 0.177 e. The average molecular weight is 220 g/mol. The molecule has 0 fully saturated rings. The van der Waals surface area contributed by atoms with E-state index in [0.717, 1.165) is 11.1 Å². The third-order valence-electron chi connectivity index (χ3n) is 2.64. The summed E-state index contributed by atoms with van der Waals surface area (Å²) >= 11 is 0. The van der Waals surface area contributed by atoms with Crippen molar-refractivity contribution in [3.63, 3.8) is 0 Å². The van der Waals surface area contributed by atoms with E-state index in [1.807, 2.05) is 13.0 Å². The molecule has 0 spiro atoms. The van der Waals surface area contributed by atoms with Crippen molar-refractivity contribution in [3.8, 4) is 0 Å². The van der Waals surface area contributed by atoms with Crippen LogP contribution >= 0.6 is 0 Å². The van der Waals surface area contributed by atoms with Crippen molar-refractivity contribution in [2.24, 2.45) is 5.73 Å². The Morgan fingerprint density at radius 1 is 1.56 bits per heavy atom. The third-order valence-corrected chi connectivity index (χ3v) is 2.64. The van der Waals surface area contributed by atoms with Gasteiger partial charge >= 0.3 is 0 Å². The molecule has 4 N–H and O–H groups in total. The van der Waals surface area contributed by atoms with Crippen LogP contribution in [-0.4, -0.2) is 32.2 Å². The maximum Gasteiger partial charge on any atom is 0.177 e. The summed E-state index contributed by atoms with van der Waals surface area (Å²) in [7, 11) is 0. The van der Waals surface area contributed by atoms with Crippen LogP contribution in [-0.2, 0) is 6.42 Å². The summed E-state index contributed by atoms with van der Waals surface area (Å²) in [5, 5.41) is 9.87. The zero-order valence-electron chi connectivity index (χ0n) is 9.49. The monoisotopic (exact) mass is 220 g/mol. The first-order valence-electron chi connectivity index (χ1n) is 5.24. The Morgan fingerprint density at radius 2 is 2.31 bits per heavy atom. The molecule has 0 aliphatic carbocycles. The molecular weight excluding hydrogens is 204 g/mol. The van der Waals surface area contributed by atoms with Gasteiger partial charge in [-0.05, 0) is 25.5 Å². The van der Waals surface area contributed by atoms with E-state index >= 15 is 0 Å². The second-order valence-corrected chi connectivity index (χ2v) is 4.39. The van der Waals surface area contributed by atoms with Gasteiger partial charge in [0, 0.05) is 19.2 Å². The molecule has 2 aromatic heterocycles. The lowest BCUT2D eigenvalue weighted by atomic mass is 10.0. The minimum absolute atomic E-state index is 0.205. The Labute approximate surface area is 93.7 Å². The number of nitrogens with zero attached hydrogens (tertiary/aromatic N) is 2. The van der Waals surface area contributed by atoms with Crippen LogP contribution in [0.3, 0.4) is 0 Å². The molecule has 16 heavy (non-hydrogen) atoms. The van der Waals surface area contributed by atoms with E-state index in [0.29, 0.717) is 17.9 Å². The zero-order valence-corrected chi connectivity index (χ0v) is 9.49. The van der Waals surface area contributed by atoms with Crippen LogP contribution in [0.2, 0.25) is 0 Å². The van der Waals surface area contributed by atoms with E-state index in [-0.39, 0.29) is 6.54 Å². The first kappa shape index (κ1) is 11.0. The van der Waals surface area contributed by atoms with E-state index in [4.69, 9.17) is 5.73 Å². The van der Waals surface area contributed by atoms with Crippen LogP contribution in [0.15, 0.2) is 12.3 Å². The number of pyridine rings is 1. The summed E-state index contributed by atoms with van der Waals surface area (Å²) < 4.78 is 0. The Hall–Kier alpha value is -1.46. The number of nitrogens with two attached hydrogens (primary N) is 1. The standard InChI is InChI=1S/C11H16N4O/c1-7-3-4-13-10-9(7)14-8(15-10)5-11(2,16)6-12/h3-4,16H,5-6,12H2,1-2H3,(H,13,14,15). The fourth-order valence-corrected chi connectivity index (χ4v) is 1.60. The van der Waals surface area contributed by atoms with Gasteiger partial charge in [0.25, 0.3) is 0 Å². The second kappa shape index (κ2) is 3.84. The summed E-state index contributed by atoms with van der Waals surface area (Å²) in [6.45, 7) is 3.89. The number of fused-ring (bicyclic) bond motifs is 1. The van der Waals surface area contributed by atoms with Gasteiger partial charge in [0.15, 0.2) is 5.65 Å². The highest BCUT2D eigenvalue weighted by atomic mass is 16.3. The molecule has 0 aromatic carbocycles. The third kappa shape index (κ3) is 2.05. The molecule has 86 valence electrons. The van der Waals surface area contributed by atoms with E-state index in [2.05, 4.69) is 15.0 Å². The number of imidazole rings is 1. The van der Waals surface area contributed by atoms with Crippen LogP contribution in [0, 0.1) is 6.92 Å². The molecule has 2 aromatic rings. The number of hydrogen-bond donors (Lipinski definition) is 3. The molecule has 1 atom stereocenters. The molecule has 0 saturated carbocycles. The summed E-state index contributed by atoms with van der Waals surface area (Å²) in [6.07, 6.45) is 2.13. The lowest BCUT2D eigenvalue weighted by Crippen LogP contribution is -2.36. The van der Waals surface area contributed by atoms with Gasteiger partial charge in [0.1, 0.15) is 5.82 Å². The van der Waals surface area contributed by atoms with Crippen LogP contribution in [0.4, 0.5) is 0 Å². The van der Waals surface area contributed by atoms with Gasteiger partial charge < -0.3 is 15.8 Å². The Kier molecular flexibility index (Phi) is 2.65. The molecule has 1 unspecified atom stereocenters. The van der Waals surface area contributed by atoms with Gasteiger partial charge in [0.05, 0.1) is 11.1 Å². The molecule has 2 heterocycles. The molecule has 0 aliphatic heterocycles. The molecule has 0 amide bonds. The number of H-pyrrole nitrogens is 1. The van der Waals surface area contributed by atoms with Crippen molar-refractivity contribution in [3.05, 3.63) is 23.7 Å². The fraction of sp³-hybridized carbons (Fsp3) is 0.455. The maximum absolute atomic E-state index is 9.87. The van der Waals surface area contributed by atoms with E-state index in [9.17, 15) is 5.11 Å². The highest BCUT2D eigenvalue weighted by Crippen LogP contribution is 2.16. The average Bonchev–Trinajstić information content (AvgIpc) is 2.61. The van der Waals surface area contributed by atoms with Gasteiger partial charge in [-0.2, -0.15) is 0 Å². The van der Waals surface area contributed by atoms with Crippen molar-refractivity contribution >= 4 is 11.2 Å². The highest BCUT2D eigenvalue weighted by Gasteiger charge is 2.21. The molecule has 0 saturated heterocycles. The Morgan fingerprint density at radius 3 is 2.94 bits per heavy atom. The van der Waals surface area contributed by atoms with Crippen molar-refractivity contribution in [1.29, 1.82) is 0 Å². The first-order chi connectivity index (χ1) is 7.52. The molecule has 0 bridgehead atoms. The SMILES string of the molecule is Cc1ccnc2nc(CC(C)(O)CN)[nH]c12. The minimum Gasteiger partial charge on any atom is -0.388 e. The topological polar surface area (TPSA) is 87.8 Å². The van der Waals surface area contributed by atoms with Crippen molar-refractivity contribution in [1.82, 2.24) is 15.0 Å². The van der Waals surface area contributed by atoms with Gasteiger partial charge in [0.2, 0.25) is 0 Å². The first-order valence-corrected chi connectivity index (χ1v) is 5.24. The molecule has 5 nitrogen and oxygen atoms in total. The number of aliphatic hydroxyl groups is 1. The van der Waals surface area contributed by atoms with Crippen LogP contribution < -0.4 is 5.73 Å². The molecule has 5 heteroatoms. The second-order valence-electron chi connectivity index (χ2n) is 4.39. The van der Waals surface area contributed by atoms with Crippen LogP contribution in [0.5, 0.6) is 0 Å². The predicted octanol–water partition coefficient (Wildman–Crippen LogP) is 0.519. The molecule has 0 radical (unpaired) electrons. The summed E-state index contributed by atoms with van der Waals surface area (Å²) in [4.78, 5) is 11.7. The van der Waals surface area contributed by atoms with Gasteiger partial charge in [-0.15, -0.1) is 0 Å². The zero-order chi connectivity index (χ0) is 11.8. The van der Waals surface area contributed by atoms with Gasteiger partial charge in [-0.1, -0.05) is 0 Å². The van der Waals surface area contributed by atoms with Crippen LogP contribution in [0.25, 0.3) is 11.2 Å². The predicted molar refractivity (Wildman–Crippen MR) is 62.0 cm³/mol. The number of aromatic nitrogens is 3. The minimum atomic E-state index is -0.929. The van der Waals surface area contributed by atoms with Crippen molar-refractivity contribution < 1.29 is 5.11 Å². The number of hydrogen-bond acceptors (Lipinski definition) is 4. The van der Waals surface area contributed by atoms with Crippen molar-refractivity contribution in [2.75, 3.05) is 6.54 Å². The fourth-order valence-electron chi connectivity index (χ4n) is 1.60. The van der Waals surface area contributed by atoms with Crippen LogP contribution in [0.1, 0.15) is 18.3 Å². The molecule has 0 aliphatic rings. The number of aryl methyl sites for hydroxylation is 1. The number of nitrogens with one attached hydrogen (secondary N) is 1. The Balaban J connectivity index is 2.37. The summed E-state index contributed by atoms with van der Waals surface area (Å²) in [5.41, 5.74) is 7.24. The highest BCUT2D eigenvalue weighted by molar-refractivity contribution is 5.74. The van der Waals surface area contributed by atoms with Gasteiger partial charge in [-0.3, -0.25) is 0 Å². The lowest BCUT2D eigenvalue weighted by Gasteiger charge is -2.18. The van der Waals surface area contributed by atoms with Crippen molar-refractivity contribution in [2.45, 2.75) is 25.9 Å².